The van der Waals surface area contributed by atoms with Gasteiger partial charge in [-0.3, -0.25) is 0 Å². The Morgan fingerprint density at radius 2 is 1.62 bits per heavy atom. The van der Waals surface area contributed by atoms with Crippen LogP contribution in [0.5, 0.6) is 0 Å². The van der Waals surface area contributed by atoms with Crippen LogP contribution in [0.4, 0.5) is 0 Å². The Labute approximate surface area is 86.5 Å². The second-order valence-electron chi connectivity index (χ2n) is 2.15. The number of hydrogen-bond acceptors (Lipinski definition) is 2. The van der Waals surface area contributed by atoms with Gasteiger partial charge in [0.05, 0.1) is 0 Å². The predicted molar refractivity (Wildman–Crippen MR) is 55.2 cm³/mol. The number of aryl methyl sites for hydroxylation is 1. The van der Waals surface area contributed by atoms with Gasteiger partial charge in [0.2, 0.25) is 0 Å². The van der Waals surface area contributed by atoms with Crippen LogP contribution in [0.3, 0.4) is 0 Å². The fourth-order valence-corrected chi connectivity index (χ4v) is 1.21. The summed E-state index contributed by atoms with van der Waals surface area (Å²) in [6, 6.07) is 12.9. The molecule has 1 rings (SSSR count). The van der Waals surface area contributed by atoms with E-state index in [0.717, 1.165) is 11.8 Å². The molecule has 0 atom stereocenters. The molecule has 1 aromatic carbocycles. The number of hydrogen-bond donors (Lipinski definition) is 0. The largest absolute Gasteiger partial charge is 0.181 e. The monoisotopic (exact) mass is 236 g/mol. The molecular weight excluding hydrogens is 228 g/mol. The average Bonchev–Trinajstić information content (AvgIpc) is 2.20. The van der Waals surface area contributed by atoms with Crippen molar-refractivity contribution in [3.8, 4) is 12.1 Å². The van der Waals surface area contributed by atoms with Gasteiger partial charge in [0, 0.05) is 5.33 Å². The van der Waals surface area contributed by atoms with Crippen molar-refractivity contribution >= 4 is 15.9 Å². The lowest BCUT2D eigenvalue weighted by atomic mass is 10.2. The average molecular weight is 237 g/mol. The third-order valence-electron chi connectivity index (χ3n) is 1.28. The third-order valence-corrected chi connectivity index (χ3v) is 1.67. The first-order valence-corrected chi connectivity index (χ1v) is 4.85. The summed E-state index contributed by atoms with van der Waals surface area (Å²) in [6.07, 6.45) is 1.13. The summed E-state index contributed by atoms with van der Waals surface area (Å²) in [7, 11) is 0. The van der Waals surface area contributed by atoms with Gasteiger partial charge in [0.25, 0.3) is 0 Å². The SMILES string of the molecule is BrCCc1ccccc1.N#CC#N. The minimum Gasteiger partial charge on any atom is -0.181 e. The Morgan fingerprint density at radius 3 is 2.00 bits per heavy atom. The van der Waals surface area contributed by atoms with E-state index in [2.05, 4.69) is 40.2 Å². The summed E-state index contributed by atoms with van der Waals surface area (Å²) in [5, 5.41) is 15.6. The zero-order valence-electron chi connectivity index (χ0n) is 7.07. The molecule has 0 heterocycles. The van der Waals surface area contributed by atoms with Crippen molar-refractivity contribution < 1.29 is 0 Å². The maximum atomic E-state index is 7.26. The highest BCUT2D eigenvalue weighted by Gasteiger charge is 1.85. The van der Waals surface area contributed by atoms with Crippen LogP contribution in [0, 0.1) is 22.7 Å². The summed E-state index contributed by atoms with van der Waals surface area (Å²) in [5.41, 5.74) is 1.40. The number of benzene rings is 1. The molecule has 0 aliphatic rings. The maximum Gasteiger partial charge on any atom is 0.181 e. The summed E-state index contributed by atoms with van der Waals surface area (Å²) < 4.78 is 0. The van der Waals surface area contributed by atoms with Crippen LogP contribution < -0.4 is 0 Å². The highest BCUT2D eigenvalue weighted by Crippen LogP contribution is 2.00. The lowest BCUT2D eigenvalue weighted by Gasteiger charge is -1.92. The molecular formula is C10H9BrN2. The van der Waals surface area contributed by atoms with Crippen molar-refractivity contribution in [2.45, 2.75) is 6.42 Å². The van der Waals surface area contributed by atoms with Crippen LogP contribution in [0.15, 0.2) is 30.3 Å². The Hall–Kier alpha value is -1.32. The molecule has 13 heavy (non-hydrogen) atoms. The Morgan fingerprint density at radius 1 is 1.08 bits per heavy atom. The molecule has 0 saturated heterocycles. The van der Waals surface area contributed by atoms with Gasteiger partial charge in [0.15, 0.2) is 12.1 Å². The smallest absolute Gasteiger partial charge is 0.181 e. The van der Waals surface area contributed by atoms with Gasteiger partial charge >= 0.3 is 0 Å². The fourth-order valence-electron chi connectivity index (χ4n) is 0.754. The molecule has 0 N–H and O–H groups in total. The molecule has 0 radical (unpaired) electrons. The van der Waals surface area contributed by atoms with Gasteiger partial charge in [-0.15, -0.1) is 0 Å². The molecule has 66 valence electrons. The summed E-state index contributed by atoms with van der Waals surface area (Å²) in [4.78, 5) is 0. The highest BCUT2D eigenvalue weighted by molar-refractivity contribution is 9.09. The number of halogens is 1. The van der Waals surface area contributed by atoms with Gasteiger partial charge in [-0.05, 0) is 12.0 Å². The quantitative estimate of drug-likeness (QED) is 0.742. The third kappa shape index (κ3) is 7.05. The van der Waals surface area contributed by atoms with Crippen molar-refractivity contribution in [2.24, 2.45) is 0 Å². The van der Waals surface area contributed by atoms with Crippen molar-refractivity contribution in [3.05, 3.63) is 35.9 Å². The number of nitrogens with zero attached hydrogens (tertiary/aromatic N) is 2. The number of rotatable bonds is 2. The Bertz CT molecular complexity index is 283. The van der Waals surface area contributed by atoms with Crippen molar-refractivity contribution in [1.82, 2.24) is 0 Å². The van der Waals surface area contributed by atoms with E-state index in [-0.39, 0.29) is 0 Å². The Balaban J connectivity index is 0.000000310. The lowest BCUT2D eigenvalue weighted by Crippen LogP contribution is -1.82. The van der Waals surface area contributed by atoms with Crippen LogP contribution in [0.2, 0.25) is 0 Å². The predicted octanol–water partition coefficient (Wildman–Crippen LogP) is 2.66. The van der Waals surface area contributed by atoms with E-state index in [9.17, 15) is 0 Å². The van der Waals surface area contributed by atoms with E-state index in [1.807, 2.05) is 6.07 Å². The van der Waals surface area contributed by atoms with Crippen LogP contribution in [0.25, 0.3) is 0 Å². The van der Waals surface area contributed by atoms with E-state index < -0.39 is 0 Å². The molecule has 0 spiro atoms. The molecule has 3 heteroatoms. The molecule has 0 amide bonds. The molecule has 0 saturated carbocycles. The minimum absolute atomic E-state index is 1.05. The normalized spacial score (nSPS) is 7.31. The van der Waals surface area contributed by atoms with E-state index >= 15 is 0 Å². The molecule has 0 bridgehead atoms. The summed E-state index contributed by atoms with van der Waals surface area (Å²) in [5.74, 6) is 0. The van der Waals surface area contributed by atoms with Gasteiger partial charge in [0.1, 0.15) is 0 Å². The first-order chi connectivity index (χ1) is 6.35. The second kappa shape index (κ2) is 8.77. The van der Waals surface area contributed by atoms with E-state index in [0.29, 0.717) is 0 Å². The van der Waals surface area contributed by atoms with Crippen LogP contribution in [-0.4, -0.2) is 5.33 Å². The molecule has 2 nitrogen and oxygen atoms in total. The van der Waals surface area contributed by atoms with Crippen LogP contribution >= 0.6 is 15.9 Å². The summed E-state index contributed by atoms with van der Waals surface area (Å²) in [6.45, 7) is 0. The minimum atomic E-state index is 1.05. The molecule has 0 aromatic heterocycles. The molecule has 1 aromatic rings. The molecule has 0 fully saturated rings. The topological polar surface area (TPSA) is 47.6 Å². The van der Waals surface area contributed by atoms with Crippen molar-refractivity contribution in [3.63, 3.8) is 0 Å². The molecule has 0 aliphatic carbocycles. The Kier molecular flexibility index (Phi) is 7.88. The number of nitriles is 2. The van der Waals surface area contributed by atoms with Gasteiger partial charge < -0.3 is 0 Å². The number of alkyl halides is 1. The first-order valence-electron chi connectivity index (χ1n) is 3.73. The van der Waals surface area contributed by atoms with E-state index in [1.165, 1.54) is 17.7 Å². The standard InChI is InChI=1S/C8H9Br.C2N2/c9-7-6-8-4-2-1-3-5-8;3-1-2-4/h1-5H,6-7H2;. The molecule has 0 aliphatic heterocycles. The van der Waals surface area contributed by atoms with Crippen LogP contribution in [0.1, 0.15) is 5.56 Å². The lowest BCUT2D eigenvalue weighted by molar-refractivity contribution is 1.17. The second-order valence-corrected chi connectivity index (χ2v) is 2.94. The van der Waals surface area contributed by atoms with Crippen LogP contribution in [-0.2, 0) is 6.42 Å². The maximum absolute atomic E-state index is 7.26. The zero-order chi connectivity index (χ0) is 9.94. The zero-order valence-corrected chi connectivity index (χ0v) is 8.66. The van der Waals surface area contributed by atoms with Crippen molar-refractivity contribution in [2.75, 3.05) is 5.33 Å². The van der Waals surface area contributed by atoms with E-state index in [4.69, 9.17) is 10.5 Å². The van der Waals surface area contributed by atoms with Gasteiger partial charge in [-0.25, -0.2) is 0 Å². The summed E-state index contributed by atoms with van der Waals surface area (Å²) >= 11 is 3.39. The first kappa shape index (κ1) is 11.7. The molecule has 0 unspecified atom stereocenters. The van der Waals surface area contributed by atoms with Gasteiger partial charge in [-0.2, -0.15) is 10.5 Å². The fraction of sp³-hybridized carbons (Fsp3) is 0.200. The van der Waals surface area contributed by atoms with E-state index in [1.54, 1.807) is 0 Å². The van der Waals surface area contributed by atoms with Crippen molar-refractivity contribution in [1.29, 1.82) is 10.5 Å². The highest BCUT2D eigenvalue weighted by atomic mass is 79.9. The van der Waals surface area contributed by atoms with Gasteiger partial charge in [-0.1, -0.05) is 46.3 Å².